The van der Waals surface area contributed by atoms with Crippen molar-refractivity contribution in [1.29, 1.82) is 0 Å². The van der Waals surface area contributed by atoms with Crippen molar-refractivity contribution in [3.63, 3.8) is 0 Å². The van der Waals surface area contributed by atoms with Crippen LogP contribution in [0.5, 0.6) is 0 Å². The van der Waals surface area contributed by atoms with E-state index in [0.717, 1.165) is 0 Å². The molecule has 1 N–H and O–H groups in total. The van der Waals surface area contributed by atoms with E-state index in [0.29, 0.717) is 5.69 Å². The lowest BCUT2D eigenvalue weighted by atomic mass is 10.2. The second-order valence-electron chi connectivity index (χ2n) is 4.24. The number of aromatic nitrogens is 1. The summed E-state index contributed by atoms with van der Waals surface area (Å²) < 4.78 is 0. The van der Waals surface area contributed by atoms with Crippen LogP contribution in [0.1, 0.15) is 16.1 Å². The Morgan fingerprint density at radius 2 is 2.07 bits per heavy atom. The number of nitrogens with zero attached hydrogens (tertiary/aromatic N) is 1. The molecule has 0 aromatic carbocycles. The molecule has 0 atom stereocenters. The first kappa shape index (κ1) is 11.5. The Morgan fingerprint density at radius 1 is 1.40 bits per heavy atom. The molecule has 0 aliphatic heterocycles. The van der Waals surface area contributed by atoms with E-state index < -0.39 is 14.0 Å². The number of aromatic carboxylic acids is 1. The van der Waals surface area contributed by atoms with Crippen LogP contribution in [0.15, 0.2) is 18.3 Å². The van der Waals surface area contributed by atoms with Gasteiger partial charge in [-0.3, -0.25) is 0 Å². The summed E-state index contributed by atoms with van der Waals surface area (Å²) in [5, 5.41) is 8.67. The van der Waals surface area contributed by atoms with Crippen molar-refractivity contribution in [3.8, 4) is 11.5 Å². The number of rotatable bonds is 1. The van der Waals surface area contributed by atoms with Crippen molar-refractivity contribution in [3.05, 3.63) is 29.6 Å². The highest BCUT2D eigenvalue weighted by Gasteiger charge is 2.07. The molecule has 15 heavy (non-hydrogen) atoms. The van der Waals surface area contributed by atoms with E-state index in [2.05, 4.69) is 36.1 Å². The molecular weight excluding hydrogens is 206 g/mol. The fourth-order valence-corrected chi connectivity index (χ4v) is 1.35. The van der Waals surface area contributed by atoms with Crippen molar-refractivity contribution >= 4 is 14.0 Å². The van der Waals surface area contributed by atoms with E-state index in [1.165, 1.54) is 12.3 Å². The molecule has 3 nitrogen and oxygen atoms in total. The third-order valence-electron chi connectivity index (χ3n) is 1.58. The van der Waals surface area contributed by atoms with E-state index in [9.17, 15) is 4.79 Å². The minimum absolute atomic E-state index is 0.188. The minimum Gasteiger partial charge on any atom is -0.478 e. The minimum atomic E-state index is -1.39. The highest BCUT2D eigenvalue weighted by molar-refractivity contribution is 6.83. The zero-order valence-electron chi connectivity index (χ0n) is 9.03. The Balaban J connectivity index is 2.89. The SMILES string of the molecule is C[Si](C)(C)C#Cc1ccc(C(=O)O)cn1. The fourth-order valence-electron chi connectivity index (χ4n) is 0.846. The summed E-state index contributed by atoms with van der Waals surface area (Å²) in [6, 6.07) is 3.15. The van der Waals surface area contributed by atoms with E-state index in [-0.39, 0.29) is 5.56 Å². The van der Waals surface area contributed by atoms with Crippen LogP contribution in [-0.2, 0) is 0 Å². The quantitative estimate of drug-likeness (QED) is 0.580. The molecule has 4 heteroatoms. The number of hydrogen-bond donors (Lipinski definition) is 1. The molecule has 0 aliphatic carbocycles. The topological polar surface area (TPSA) is 50.2 Å². The number of hydrogen-bond acceptors (Lipinski definition) is 2. The average Bonchev–Trinajstić information content (AvgIpc) is 2.14. The van der Waals surface area contributed by atoms with Gasteiger partial charge in [0, 0.05) is 6.20 Å². The molecule has 0 unspecified atom stereocenters. The maximum Gasteiger partial charge on any atom is 0.337 e. The molecule has 0 bridgehead atoms. The lowest BCUT2D eigenvalue weighted by molar-refractivity contribution is 0.0696. The Hall–Kier alpha value is -1.60. The largest absolute Gasteiger partial charge is 0.478 e. The van der Waals surface area contributed by atoms with Crippen molar-refractivity contribution in [2.24, 2.45) is 0 Å². The zero-order valence-corrected chi connectivity index (χ0v) is 10.0. The van der Waals surface area contributed by atoms with E-state index in [1.807, 2.05) is 0 Å². The van der Waals surface area contributed by atoms with Gasteiger partial charge in [-0.05, 0) is 12.1 Å². The highest BCUT2D eigenvalue weighted by atomic mass is 28.3. The number of carboxylic acids is 1. The number of pyridine rings is 1. The monoisotopic (exact) mass is 219 g/mol. The predicted molar refractivity (Wildman–Crippen MR) is 61.4 cm³/mol. The van der Waals surface area contributed by atoms with E-state index in [1.54, 1.807) is 6.07 Å². The highest BCUT2D eigenvalue weighted by Crippen LogP contribution is 2.01. The molecule has 0 aliphatic rings. The summed E-state index contributed by atoms with van der Waals surface area (Å²) in [7, 11) is -1.39. The molecule has 0 radical (unpaired) electrons. The molecule has 1 heterocycles. The van der Waals surface area contributed by atoms with Crippen LogP contribution in [0.4, 0.5) is 0 Å². The van der Waals surface area contributed by atoms with Gasteiger partial charge in [0.2, 0.25) is 0 Å². The van der Waals surface area contributed by atoms with Crippen LogP contribution < -0.4 is 0 Å². The van der Waals surface area contributed by atoms with Gasteiger partial charge >= 0.3 is 5.97 Å². The molecule has 0 saturated carbocycles. The molecule has 1 aromatic rings. The van der Waals surface area contributed by atoms with Crippen LogP contribution in [0, 0.1) is 11.5 Å². The van der Waals surface area contributed by atoms with Crippen LogP contribution in [0.25, 0.3) is 0 Å². The van der Waals surface area contributed by atoms with Gasteiger partial charge in [0.05, 0.1) is 5.56 Å². The maximum absolute atomic E-state index is 10.6. The van der Waals surface area contributed by atoms with Crippen molar-refractivity contribution in [2.75, 3.05) is 0 Å². The smallest absolute Gasteiger partial charge is 0.337 e. The van der Waals surface area contributed by atoms with Gasteiger partial charge in [-0.1, -0.05) is 25.6 Å². The Morgan fingerprint density at radius 3 is 2.47 bits per heavy atom. The number of carbonyl (C=O) groups is 1. The van der Waals surface area contributed by atoms with Gasteiger partial charge in [0.25, 0.3) is 0 Å². The van der Waals surface area contributed by atoms with Gasteiger partial charge < -0.3 is 5.11 Å². The Bertz CT molecular complexity index is 421. The molecular formula is C11H13NO2Si. The average molecular weight is 219 g/mol. The number of carboxylic acid groups (broad SMARTS) is 1. The zero-order chi connectivity index (χ0) is 11.5. The first-order chi connectivity index (χ1) is 6.88. The summed E-state index contributed by atoms with van der Waals surface area (Å²) in [4.78, 5) is 14.5. The van der Waals surface area contributed by atoms with Crippen molar-refractivity contribution < 1.29 is 9.90 Å². The molecule has 0 saturated heterocycles. The Labute approximate surface area is 90.2 Å². The van der Waals surface area contributed by atoms with Gasteiger partial charge in [-0.2, -0.15) is 0 Å². The second kappa shape index (κ2) is 4.28. The predicted octanol–water partition coefficient (Wildman–Crippen LogP) is 2.01. The van der Waals surface area contributed by atoms with Crippen molar-refractivity contribution in [2.45, 2.75) is 19.6 Å². The summed E-state index contributed by atoms with van der Waals surface area (Å²) >= 11 is 0. The first-order valence-corrected chi connectivity index (χ1v) is 8.11. The molecule has 1 rings (SSSR count). The first-order valence-electron chi connectivity index (χ1n) is 4.61. The summed E-state index contributed by atoms with van der Waals surface area (Å²) in [6.45, 7) is 6.43. The Kier molecular flexibility index (Phi) is 3.27. The normalized spacial score (nSPS) is 10.3. The molecule has 1 aromatic heterocycles. The molecule has 0 spiro atoms. The summed E-state index contributed by atoms with van der Waals surface area (Å²) in [5.74, 6) is 1.99. The van der Waals surface area contributed by atoms with Crippen LogP contribution in [0.2, 0.25) is 19.6 Å². The van der Waals surface area contributed by atoms with Crippen LogP contribution in [-0.4, -0.2) is 24.1 Å². The van der Waals surface area contributed by atoms with Gasteiger partial charge in [-0.25, -0.2) is 9.78 Å². The van der Waals surface area contributed by atoms with E-state index in [4.69, 9.17) is 5.11 Å². The third kappa shape index (κ3) is 3.96. The molecule has 0 amide bonds. The van der Waals surface area contributed by atoms with Gasteiger partial charge in [0.1, 0.15) is 13.8 Å². The fraction of sp³-hybridized carbons (Fsp3) is 0.273. The summed E-state index contributed by atoms with van der Waals surface area (Å²) in [6.07, 6.45) is 1.33. The summed E-state index contributed by atoms with van der Waals surface area (Å²) in [5.41, 5.74) is 3.98. The standard InChI is InChI=1S/C11H13NO2Si/c1-15(2,3)7-6-10-5-4-9(8-12-10)11(13)14/h4-5,8H,1-3H3,(H,13,14). The lowest BCUT2D eigenvalue weighted by Gasteiger charge is -2.03. The van der Waals surface area contributed by atoms with Crippen molar-refractivity contribution in [1.82, 2.24) is 4.98 Å². The van der Waals surface area contributed by atoms with Crippen LogP contribution >= 0.6 is 0 Å². The molecule has 78 valence electrons. The second-order valence-corrected chi connectivity index (χ2v) is 8.99. The van der Waals surface area contributed by atoms with Gasteiger partial charge in [0.15, 0.2) is 0 Å². The maximum atomic E-state index is 10.6. The van der Waals surface area contributed by atoms with Crippen LogP contribution in [0.3, 0.4) is 0 Å². The third-order valence-corrected chi connectivity index (χ3v) is 2.45. The lowest BCUT2D eigenvalue weighted by Crippen LogP contribution is -2.16. The van der Waals surface area contributed by atoms with Gasteiger partial charge in [-0.15, -0.1) is 5.54 Å². The van der Waals surface area contributed by atoms with E-state index >= 15 is 0 Å². The molecule has 0 fully saturated rings.